The van der Waals surface area contributed by atoms with E-state index in [9.17, 15) is 18.0 Å². The van der Waals surface area contributed by atoms with Gasteiger partial charge in [0.05, 0.1) is 5.75 Å². The lowest BCUT2D eigenvalue weighted by atomic mass is 10.1. The number of carbonyl (C=O) groups excluding carboxylic acids is 1. The van der Waals surface area contributed by atoms with Gasteiger partial charge in [-0.05, 0) is 19.2 Å². The number of pyridine rings is 1. The Hall–Kier alpha value is -2.26. The van der Waals surface area contributed by atoms with Gasteiger partial charge in [0.15, 0.2) is 0 Å². The summed E-state index contributed by atoms with van der Waals surface area (Å²) in [5.41, 5.74) is 0.540. The summed E-state index contributed by atoms with van der Waals surface area (Å²) >= 11 is 0. The highest BCUT2D eigenvalue weighted by molar-refractivity contribution is 7.89. The van der Waals surface area contributed by atoms with Gasteiger partial charge in [-0.3, -0.25) is 9.78 Å². The molecule has 21 heavy (non-hydrogen) atoms. The summed E-state index contributed by atoms with van der Waals surface area (Å²) in [5, 5.41) is 11.0. The zero-order valence-electron chi connectivity index (χ0n) is 11.2. The molecule has 9 heteroatoms. The second-order valence-corrected chi connectivity index (χ2v) is 5.96. The quantitative estimate of drug-likeness (QED) is 0.580. The van der Waals surface area contributed by atoms with E-state index in [0.29, 0.717) is 5.56 Å². The second kappa shape index (κ2) is 7.50. The molecular weight excluding hydrogens is 298 g/mol. The molecule has 1 aromatic heterocycles. The molecule has 0 bridgehead atoms. The van der Waals surface area contributed by atoms with Crippen LogP contribution >= 0.6 is 0 Å². The molecule has 0 spiro atoms. The van der Waals surface area contributed by atoms with E-state index in [-0.39, 0.29) is 17.9 Å². The van der Waals surface area contributed by atoms with Crippen LogP contribution in [0.15, 0.2) is 24.5 Å². The minimum absolute atomic E-state index is 0.0631. The fourth-order valence-electron chi connectivity index (χ4n) is 1.40. The Morgan fingerprint density at radius 3 is 2.76 bits per heavy atom. The molecule has 0 saturated heterocycles. The number of aromatic nitrogens is 1. The molecule has 1 heterocycles. The molecule has 0 fully saturated rings. The van der Waals surface area contributed by atoms with Crippen molar-refractivity contribution in [2.45, 2.75) is 0 Å². The first-order valence-electron chi connectivity index (χ1n) is 5.90. The third-order valence-electron chi connectivity index (χ3n) is 2.47. The van der Waals surface area contributed by atoms with E-state index < -0.39 is 21.9 Å². The van der Waals surface area contributed by atoms with Crippen LogP contribution in [0.1, 0.15) is 15.9 Å². The summed E-state index contributed by atoms with van der Waals surface area (Å²) in [5.74, 6) is -1.90. The number of carboxylic acid groups (broad SMARTS) is 1. The summed E-state index contributed by atoms with van der Waals surface area (Å²) in [6.07, 6.45) is 4.86. The third kappa shape index (κ3) is 5.71. The first-order valence-corrected chi connectivity index (χ1v) is 7.55. The Morgan fingerprint density at radius 2 is 2.14 bits per heavy atom. The Labute approximate surface area is 121 Å². The summed E-state index contributed by atoms with van der Waals surface area (Å²) < 4.78 is 24.6. The standard InChI is InChI=1S/C12H15N3O5S/c1-13-21(19,20)7-6-15-12(18)10-4-5-14-8-9(10)2-3-11(16)17/h2-5,8,13H,6-7H2,1H3,(H,15,18)(H,16,17)/b3-2+. The Kier molecular flexibility index (Phi) is 6.00. The number of hydrogen-bond acceptors (Lipinski definition) is 5. The number of carbonyl (C=O) groups is 2. The van der Waals surface area contributed by atoms with Gasteiger partial charge < -0.3 is 10.4 Å². The van der Waals surface area contributed by atoms with Crippen LogP contribution in [0.4, 0.5) is 0 Å². The zero-order chi connectivity index (χ0) is 15.9. The third-order valence-corrected chi connectivity index (χ3v) is 3.83. The van der Waals surface area contributed by atoms with Crippen LogP contribution < -0.4 is 10.0 Å². The molecule has 1 aromatic rings. The number of amides is 1. The molecule has 0 aliphatic rings. The van der Waals surface area contributed by atoms with Gasteiger partial charge in [0.25, 0.3) is 5.91 Å². The molecule has 8 nitrogen and oxygen atoms in total. The number of nitrogens with zero attached hydrogens (tertiary/aromatic N) is 1. The molecule has 114 valence electrons. The van der Waals surface area contributed by atoms with Crippen LogP contribution in [0.2, 0.25) is 0 Å². The van der Waals surface area contributed by atoms with Gasteiger partial charge in [-0.1, -0.05) is 0 Å². The lowest BCUT2D eigenvalue weighted by molar-refractivity contribution is -0.131. The number of sulfonamides is 1. The van der Waals surface area contributed by atoms with Crippen LogP contribution in [-0.2, 0) is 14.8 Å². The Morgan fingerprint density at radius 1 is 1.43 bits per heavy atom. The maximum atomic E-state index is 11.9. The van der Waals surface area contributed by atoms with E-state index in [1.165, 1.54) is 31.6 Å². The monoisotopic (exact) mass is 313 g/mol. The predicted molar refractivity (Wildman–Crippen MR) is 76.1 cm³/mol. The van der Waals surface area contributed by atoms with Gasteiger partial charge in [-0.2, -0.15) is 0 Å². The molecule has 0 saturated carbocycles. The van der Waals surface area contributed by atoms with Crippen LogP contribution in [0, 0.1) is 0 Å². The number of rotatable bonds is 7. The topological polar surface area (TPSA) is 125 Å². The highest BCUT2D eigenvalue weighted by Gasteiger charge is 2.12. The molecule has 0 atom stereocenters. The minimum atomic E-state index is -3.40. The predicted octanol–water partition coefficient (Wildman–Crippen LogP) is -0.542. The molecule has 0 unspecified atom stereocenters. The van der Waals surface area contributed by atoms with Crippen LogP contribution in [0.25, 0.3) is 6.08 Å². The van der Waals surface area contributed by atoms with E-state index in [2.05, 4.69) is 15.0 Å². The summed E-state index contributed by atoms with van der Waals surface area (Å²) in [4.78, 5) is 26.2. The maximum absolute atomic E-state index is 11.9. The van der Waals surface area contributed by atoms with Crippen LogP contribution in [0.3, 0.4) is 0 Å². The number of nitrogens with one attached hydrogen (secondary N) is 2. The van der Waals surface area contributed by atoms with Gasteiger partial charge in [0, 0.05) is 36.1 Å². The Balaban J connectivity index is 2.77. The van der Waals surface area contributed by atoms with E-state index in [0.717, 1.165) is 6.08 Å². The average molecular weight is 313 g/mol. The average Bonchev–Trinajstić information content (AvgIpc) is 2.45. The van der Waals surface area contributed by atoms with Crippen LogP contribution in [0.5, 0.6) is 0 Å². The SMILES string of the molecule is CNS(=O)(=O)CCNC(=O)c1ccncc1/C=C/C(=O)O. The van der Waals surface area contributed by atoms with E-state index in [1.54, 1.807) is 0 Å². The van der Waals surface area contributed by atoms with Crippen LogP contribution in [-0.4, -0.2) is 49.7 Å². The van der Waals surface area contributed by atoms with Crippen molar-refractivity contribution in [2.75, 3.05) is 19.3 Å². The molecule has 0 aliphatic heterocycles. The lowest BCUT2D eigenvalue weighted by Crippen LogP contribution is -2.33. The second-order valence-electron chi connectivity index (χ2n) is 3.91. The summed E-state index contributed by atoms with van der Waals surface area (Å²) in [7, 11) is -2.11. The fourth-order valence-corrected chi connectivity index (χ4v) is 1.98. The number of aliphatic carboxylic acids is 1. The minimum Gasteiger partial charge on any atom is -0.478 e. The summed E-state index contributed by atoms with van der Waals surface area (Å²) in [6.45, 7) is -0.0631. The maximum Gasteiger partial charge on any atom is 0.328 e. The molecule has 0 aliphatic carbocycles. The highest BCUT2D eigenvalue weighted by Crippen LogP contribution is 2.09. The molecule has 1 amide bonds. The highest BCUT2D eigenvalue weighted by atomic mass is 32.2. The van der Waals surface area contributed by atoms with Crippen molar-refractivity contribution in [2.24, 2.45) is 0 Å². The molecule has 3 N–H and O–H groups in total. The first-order chi connectivity index (χ1) is 9.85. The van der Waals surface area contributed by atoms with Gasteiger partial charge in [-0.25, -0.2) is 17.9 Å². The molecule has 0 aromatic carbocycles. The normalized spacial score (nSPS) is 11.5. The molecule has 0 radical (unpaired) electrons. The van der Waals surface area contributed by atoms with Crippen molar-refractivity contribution in [3.63, 3.8) is 0 Å². The van der Waals surface area contributed by atoms with Crippen molar-refractivity contribution < 1.29 is 23.1 Å². The van der Waals surface area contributed by atoms with Crippen molar-refractivity contribution >= 4 is 28.0 Å². The van der Waals surface area contributed by atoms with Gasteiger partial charge in [0.1, 0.15) is 0 Å². The van der Waals surface area contributed by atoms with Gasteiger partial charge in [-0.15, -0.1) is 0 Å². The Bertz CT molecular complexity index is 655. The van der Waals surface area contributed by atoms with E-state index in [4.69, 9.17) is 5.11 Å². The van der Waals surface area contributed by atoms with E-state index >= 15 is 0 Å². The lowest BCUT2D eigenvalue weighted by Gasteiger charge is -2.07. The van der Waals surface area contributed by atoms with Crippen molar-refractivity contribution in [1.82, 2.24) is 15.0 Å². The van der Waals surface area contributed by atoms with Crippen molar-refractivity contribution in [3.05, 3.63) is 35.7 Å². The molecule has 1 rings (SSSR count). The van der Waals surface area contributed by atoms with Gasteiger partial charge in [0.2, 0.25) is 10.0 Å². The fraction of sp³-hybridized carbons (Fsp3) is 0.250. The van der Waals surface area contributed by atoms with Crippen molar-refractivity contribution in [1.29, 1.82) is 0 Å². The van der Waals surface area contributed by atoms with E-state index in [1.807, 2.05) is 0 Å². The van der Waals surface area contributed by atoms with Gasteiger partial charge >= 0.3 is 5.97 Å². The largest absolute Gasteiger partial charge is 0.478 e. The van der Waals surface area contributed by atoms with Crippen molar-refractivity contribution in [3.8, 4) is 0 Å². The number of carboxylic acids is 1. The zero-order valence-corrected chi connectivity index (χ0v) is 12.1. The molecular formula is C12H15N3O5S. The smallest absolute Gasteiger partial charge is 0.328 e. The summed E-state index contributed by atoms with van der Waals surface area (Å²) in [6, 6.07) is 1.42. The first kappa shape index (κ1) is 16.8. The number of hydrogen-bond donors (Lipinski definition) is 3.